The number of carbonyl (C=O) groups is 1. The lowest BCUT2D eigenvalue weighted by atomic mass is 9.91. The minimum Gasteiger partial charge on any atom is -0.294 e. The second kappa shape index (κ2) is 12.3. The fourth-order valence-corrected chi connectivity index (χ4v) is 3.24. The summed E-state index contributed by atoms with van der Waals surface area (Å²) in [6.45, 7) is 11.1. The molecular formula is C24H40O. The molecule has 1 nitrogen and oxygen atoms in total. The van der Waals surface area contributed by atoms with E-state index in [1.807, 2.05) is 0 Å². The molecule has 0 radical (unpaired) electrons. The number of hydrogen-bond donors (Lipinski definition) is 0. The Morgan fingerprint density at radius 2 is 1.16 bits per heavy atom. The van der Waals surface area contributed by atoms with Gasteiger partial charge in [-0.1, -0.05) is 92.1 Å². The van der Waals surface area contributed by atoms with Crippen LogP contribution in [0.1, 0.15) is 132 Å². The summed E-state index contributed by atoms with van der Waals surface area (Å²) in [5, 5.41) is 0. The first-order valence-corrected chi connectivity index (χ1v) is 10.6. The van der Waals surface area contributed by atoms with E-state index in [9.17, 15) is 4.79 Å². The van der Waals surface area contributed by atoms with Gasteiger partial charge in [0.15, 0.2) is 5.78 Å². The number of ketones is 1. The average Bonchev–Trinajstić information content (AvgIpc) is 2.59. The molecular weight excluding hydrogens is 304 g/mol. The molecule has 0 amide bonds. The molecule has 0 N–H and O–H groups in total. The largest absolute Gasteiger partial charge is 0.294 e. The van der Waals surface area contributed by atoms with Gasteiger partial charge in [0, 0.05) is 12.0 Å². The maximum atomic E-state index is 12.6. The van der Waals surface area contributed by atoms with Crippen molar-refractivity contribution < 1.29 is 4.79 Å². The molecule has 0 fully saturated rings. The van der Waals surface area contributed by atoms with Crippen molar-refractivity contribution in [2.24, 2.45) is 0 Å². The Morgan fingerprint density at radius 1 is 0.720 bits per heavy atom. The summed E-state index contributed by atoms with van der Waals surface area (Å²) in [6, 6.07) is 6.50. The summed E-state index contributed by atoms with van der Waals surface area (Å²) in [5.74, 6) is 1.27. The SMILES string of the molecule is CCCCCCCCCCCC(=O)c1cc(C(C)C)cc(C(C)C)c1. The molecule has 0 aliphatic carbocycles. The van der Waals surface area contributed by atoms with Gasteiger partial charge in [-0.05, 0) is 41.5 Å². The Labute approximate surface area is 156 Å². The van der Waals surface area contributed by atoms with Gasteiger partial charge in [0.05, 0.1) is 0 Å². The van der Waals surface area contributed by atoms with Gasteiger partial charge in [0.2, 0.25) is 0 Å². The molecule has 1 aromatic carbocycles. The highest BCUT2D eigenvalue weighted by Gasteiger charge is 2.12. The Balaban J connectivity index is 2.39. The molecule has 142 valence electrons. The highest BCUT2D eigenvalue weighted by atomic mass is 16.1. The molecule has 0 saturated heterocycles. The number of rotatable bonds is 13. The van der Waals surface area contributed by atoms with Crippen LogP contribution in [0.15, 0.2) is 18.2 Å². The zero-order chi connectivity index (χ0) is 18.7. The first kappa shape index (κ1) is 21.9. The Morgan fingerprint density at radius 3 is 1.60 bits per heavy atom. The Hall–Kier alpha value is -1.11. The van der Waals surface area contributed by atoms with Gasteiger partial charge in [-0.15, -0.1) is 0 Å². The normalized spacial score (nSPS) is 11.5. The molecule has 0 spiro atoms. The van der Waals surface area contributed by atoms with Crippen LogP contribution >= 0.6 is 0 Å². The van der Waals surface area contributed by atoms with E-state index in [4.69, 9.17) is 0 Å². The van der Waals surface area contributed by atoms with Gasteiger partial charge in [0.1, 0.15) is 0 Å². The topological polar surface area (TPSA) is 17.1 Å². The molecule has 1 rings (SSSR count). The number of hydrogen-bond acceptors (Lipinski definition) is 1. The highest BCUT2D eigenvalue weighted by Crippen LogP contribution is 2.24. The number of unbranched alkanes of at least 4 members (excludes halogenated alkanes) is 8. The van der Waals surface area contributed by atoms with E-state index in [0.717, 1.165) is 12.0 Å². The van der Waals surface area contributed by atoms with E-state index in [1.54, 1.807) is 0 Å². The van der Waals surface area contributed by atoms with E-state index in [-0.39, 0.29) is 0 Å². The molecule has 1 heteroatoms. The van der Waals surface area contributed by atoms with Crippen LogP contribution in [0.25, 0.3) is 0 Å². The van der Waals surface area contributed by atoms with Crippen molar-refractivity contribution in [1.82, 2.24) is 0 Å². The lowest BCUT2D eigenvalue weighted by Gasteiger charge is -2.14. The van der Waals surface area contributed by atoms with Crippen LogP contribution < -0.4 is 0 Å². The summed E-state index contributed by atoms with van der Waals surface area (Å²) < 4.78 is 0. The molecule has 0 bridgehead atoms. The lowest BCUT2D eigenvalue weighted by molar-refractivity contribution is 0.0979. The molecule has 1 aromatic rings. The Kier molecular flexibility index (Phi) is 10.8. The third-order valence-electron chi connectivity index (χ3n) is 5.14. The standard InChI is InChI=1S/C24H40O/c1-6-7-8-9-10-11-12-13-14-15-24(25)23-17-21(19(2)3)16-22(18-23)20(4)5/h16-20H,6-15H2,1-5H3. The van der Waals surface area contributed by atoms with Crippen molar-refractivity contribution in [2.75, 3.05) is 0 Å². The van der Waals surface area contributed by atoms with Gasteiger partial charge in [-0.2, -0.15) is 0 Å². The van der Waals surface area contributed by atoms with Crippen LogP contribution in [0.3, 0.4) is 0 Å². The smallest absolute Gasteiger partial charge is 0.162 e. The molecule has 0 heterocycles. The fraction of sp³-hybridized carbons (Fsp3) is 0.708. The zero-order valence-corrected chi connectivity index (χ0v) is 17.4. The first-order chi connectivity index (χ1) is 12.0. The van der Waals surface area contributed by atoms with Crippen LogP contribution in [-0.4, -0.2) is 5.78 Å². The van der Waals surface area contributed by atoms with Crippen LogP contribution in [0, 0.1) is 0 Å². The van der Waals surface area contributed by atoms with E-state index >= 15 is 0 Å². The van der Waals surface area contributed by atoms with Crippen molar-refractivity contribution in [3.8, 4) is 0 Å². The summed E-state index contributed by atoms with van der Waals surface area (Å²) in [6.07, 6.45) is 12.4. The molecule has 0 unspecified atom stereocenters. The number of benzene rings is 1. The molecule has 0 aliphatic heterocycles. The van der Waals surface area contributed by atoms with Gasteiger partial charge in [-0.3, -0.25) is 4.79 Å². The van der Waals surface area contributed by atoms with E-state index in [2.05, 4.69) is 52.8 Å². The quantitative estimate of drug-likeness (QED) is 0.261. The summed E-state index contributed by atoms with van der Waals surface area (Å²) in [4.78, 5) is 12.6. The Bertz CT molecular complexity index is 473. The van der Waals surface area contributed by atoms with Crippen LogP contribution in [-0.2, 0) is 0 Å². The molecule has 25 heavy (non-hydrogen) atoms. The van der Waals surface area contributed by atoms with Gasteiger partial charge < -0.3 is 0 Å². The second-order valence-electron chi connectivity index (χ2n) is 8.20. The van der Waals surface area contributed by atoms with E-state index in [1.165, 1.54) is 62.5 Å². The third kappa shape index (κ3) is 8.70. The van der Waals surface area contributed by atoms with Gasteiger partial charge in [0.25, 0.3) is 0 Å². The van der Waals surface area contributed by atoms with Crippen molar-refractivity contribution in [1.29, 1.82) is 0 Å². The number of carbonyl (C=O) groups excluding carboxylic acids is 1. The van der Waals surface area contributed by atoms with Crippen molar-refractivity contribution >= 4 is 5.78 Å². The minimum absolute atomic E-state index is 0.326. The maximum absolute atomic E-state index is 12.6. The second-order valence-corrected chi connectivity index (χ2v) is 8.20. The van der Waals surface area contributed by atoms with E-state index < -0.39 is 0 Å². The van der Waals surface area contributed by atoms with E-state index in [0.29, 0.717) is 24.0 Å². The first-order valence-electron chi connectivity index (χ1n) is 10.6. The average molecular weight is 345 g/mol. The van der Waals surface area contributed by atoms with Crippen LogP contribution in [0.5, 0.6) is 0 Å². The van der Waals surface area contributed by atoms with Gasteiger partial charge in [-0.25, -0.2) is 0 Å². The minimum atomic E-state index is 0.326. The fourth-order valence-electron chi connectivity index (χ4n) is 3.24. The third-order valence-corrected chi connectivity index (χ3v) is 5.14. The summed E-state index contributed by atoms with van der Waals surface area (Å²) in [7, 11) is 0. The lowest BCUT2D eigenvalue weighted by Crippen LogP contribution is -2.03. The summed E-state index contributed by atoms with van der Waals surface area (Å²) >= 11 is 0. The van der Waals surface area contributed by atoms with Crippen molar-refractivity contribution in [2.45, 2.75) is 111 Å². The van der Waals surface area contributed by atoms with Gasteiger partial charge >= 0.3 is 0 Å². The predicted octanol–water partition coefficient (Wildman–Crippen LogP) is 8.04. The highest BCUT2D eigenvalue weighted by molar-refractivity contribution is 5.96. The maximum Gasteiger partial charge on any atom is 0.162 e. The molecule has 0 aromatic heterocycles. The monoisotopic (exact) mass is 344 g/mol. The van der Waals surface area contributed by atoms with Crippen LogP contribution in [0.2, 0.25) is 0 Å². The number of Topliss-reactive ketones (excluding diaryl/α,β-unsaturated/α-hetero) is 1. The van der Waals surface area contributed by atoms with Crippen molar-refractivity contribution in [3.63, 3.8) is 0 Å². The molecule has 0 saturated carbocycles. The van der Waals surface area contributed by atoms with Crippen LogP contribution in [0.4, 0.5) is 0 Å². The van der Waals surface area contributed by atoms with Crippen molar-refractivity contribution in [3.05, 3.63) is 34.9 Å². The molecule has 0 aliphatic rings. The summed E-state index contributed by atoms with van der Waals surface area (Å²) in [5.41, 5.74) is 3.51. The zero-order valence-electron chi connectivity index (χ0n) is 17.4. The predicted molar refractivity (Wildman–Crippen MR) is 111 cm³/mol. The molecule has 0 atom stereocenters.